The van der Waals surface area contributed by atoms with E-state index in [4.69, 9.17) is 0 Å². The molecule has 0 amide bonds. The van der Waals surface area contributed by atoms with E-state index in [1.807, 2.05) is 0 Å². The van der Waals surface area contributed by atoms with Crippen molar-refractivity contribution in [2.24, 2.45) is 0 Å². The van der Waals surface area contributed by atoms with E-state index in [-0.39, 0.29) is 0 Å². The van der Waals surface area contributed by atoms with Crippen molar-refractivity contribution < 1.29 is 0 Å². The Morgan fingerprint density at radius 1 is 0.414 bits per heavy atom. The highest BCUT2D eigenvalue weighted by Crippen LogP contribution is 2.40. The third-order valence-electron chi connectivity index (χ3n) is 5.50. The summed E-state index contributed by atoms with van der Waals surface area (Å²) in [6, 6.07) is 34.4. The summed E-state index contributed by atoms with van der Waals surface area (Å²) in [5, 5.41) is 0. The van der Waals surface area contributed by atoms with E-state index >= 15 is 0 Å². The fourth-order valence-corrected chi connectivity index (χ4v) is 4.65. The molecule has 0 saturated carbocycles. The van der Waals surface area contributed by atoms with Crippen LogP contribution in [0.15, 0.2) is 97.1 Å². The summed E-state index contributed by atoms with van der Waals surface area (Å²) >= 11 is 1.28. The van der Waals surface area contributed by atoms with Gasteiger partial charge in [-0.3, -0.25) is 0 Å². The molecule has 1 heterocycles. The smallest absolute Gasteiger partial charge is 0.113 e. The normalized spacial score (nSPS) is 11.4. The van der Waals surface area contributed by atoms with Crippen molar-refractivity contribution in [3.05, 3.63) is 97.1 Å². The first-order chi connectivity index (χ1) is 14.4. The SMILES string of the molecule is c1ccc2cc(-c3ccc(-c4cc5cccccc-5c4)c4nsnc34)cc-2cc1. The van der Waals surface area contributed by atoms with E-state index in [9.17, 15) is 0 Å². The molecule has 1 aromatic carbocycles. The summed E-state index contributed by atoms with van der Waals surface area (Å²) in [7, 11) is 0. The van der Waals surface area contributed by atoms with Crippen molar-refractivity contribution in [2.45, 2.75) is 0 Å². The van der Waals surface area contributed by atoms with Crippen molar-refractivity contribution in [1.82, 2.24) is 8.75 Å². The van der Waals surface area contributed by atoms with Gasteiger partial charge >= 0.3 is 0 Å². The topological polar surface area (TPSA) is 25.8 Å². The molecule has 0 bridgehead atoms. The number of benzene rings is 1. The standard InChI is InChI=1S/C26H16N2S/c1-3-7-17-13-21(14-18(17)8-4-1)23-11-12-24(26-25(23)27-29-28-26)22-15-19-9-5-2-6-10-20(19)16-22/h1-16H. The number of aromatic nitrogens is 2. The van der Waals surface area contributed by atoms with Crippen LogP contribution in [0.4, 0.5) is 0 Å². The molecule has 0 fully saturated rings. The van der Waals surface area contributed by atoms with Crippen LogP contribution in [0.2, 0.25) is 0 Å². The minimum atomic E-state index is 0.975. The average Bonchev–Trinajstić information content (AvgIpc) is 3.40. The molecule has 3 heteroatoms. The fourth-order valence-electron chi connectivity index (χ4n) is 4.07. The molecular weight excluding hydrogens is 372 g/mol. The van der Waals surface area contributed by atoms with E-state index in [1.165, 1.54) is 45.1 Å². The molecule has 0 aliphatic heterocycles. The van der Waals surface area contributed by atoms with Crippen LogP contribution in [0.25, 0.3) is 55.5 Å². The second-order valence-electron chi connectivity index (χ2n) is 7.25. The lowest BCUT2D eigenvalue weighted by Crippen LogP contribution is -1.82. The quantitative estimate of drug-likeness (QED) is 0.312. The number of nitrogens with zero attached hydrogens (tertiary/aromatic N) is 2. The van der Waals surface area contributed by atoms with Crippen LogP contribution in [0.5, 0.6) is 0 Å². The molecule has 136 valence electrons. The van der Waals surface area contributed by atoms with Gasteiger partial charge in [0.1, 0.15) is 11.0 Å². The van der Waals surface area contributed by atoms with Gasteiger partial charge < -0.3 is 0 Å². The molecule has 6 rings (SSSR count). The molecule has 29 heavy (non-hydrogen) atoms. The Labute approximate surface area is 173 Å². The highest BCUT2D eigenvalue weighted by molar-refractivity contribution is 7.00. The van der Waals surface area contributed by atoms with Gasteiger partial charge in [-0.15, -0.1) is 0 Å². The second kappa shape index (κ2) is 6.50. The van der Waals surface area contributed by atoms with E-state index in [1.54, 1.807) is 0 Å². The molecule has 2 nitrogen and oxygen atoms in total. The highest BCUT2D eigenvalue weighted by atomic mass is 32.1. The maximum absolute atomic E-state index is 4.66. The molecule has 0 spiro atoms. The molecule has 2 aromatic rings. The van der Waals surface area contributed by atoms with Crippen LogP contribution in [-0.2, 0) is 0 Å². The van der Waals surface area contributed by atoms with Gasteiger partial charge in [0.05, 0.1) is 11.7 Å². The van der Waals surface area contributed by atoms with Gasteiger partial charge in [0.2, 0.25) is 0 Å². The van der Waals surface area contributed by atoms with Crippen molar-refractivity contribution >= 4 is 22.8 Å². The first-order valence-electron chi connectivity index (χ1n) is 9.60. The van der Waals surface area contributed by atoms with Crippen molar-refractivity contribution in [3.63, 3.8) is 0 Å². The number of fused-ring (bicyclic) bond motifs is 3. The first-order valence-corrected chi connectivity index (χ1v) is 10.3. The van der Waals surface area contributed by atoms with Crippen LogP contribution < -0.4 is 0 Å². The zero-order chi connectivity index (χ0) is 19.2. The third kappa shape index (κ3) is 2.71. The lowest BCUT2D eigenvalue weighted by atomic mass is 10.0. The molecule has 0 saturated heterocycles. The van der Waals surface area contributed by atoms with Crippen LogP contribution in [-0.4, -0.2) is 8.75 Å². The summed E-state index contributed by atoms with van der Waals surface area (Å²) in [4.78, 5) is 0. The van der Waals surface area contributed by atoms with Gasteiger partial charge in [-0.2, -0.15) is 8.75 Å². The van der Waals surface area contributed by atoms with Gasteiger partial charge in [-0.05, 0) is 57.6 Å². The van der Waals surface area contributed by atoms with Crippen molar-refractivity contribution in [3.8, 4) is 44.5 Å². The summed E-state index contributed by atoms with van der Waals surface area (Å²) in [5.74, 6) is 0. The van der Waals surface area contributed by atoms with E-state index in [2.05, 4.69) is 106 Å². The predicted molar refractivity (Wildman–Crippen MR) is 122 cm³/mol. The third-order valence-corrected chi connectivity index (χ3v) is 6.02. The lowest BCUT2D eigenvalue weighted by molar-refractivity contribution is 1.61. The van der Waals surface area contributed by atoms with E-state index < -0.39 is 0 Å². The van der Waals surface area contributed by atoms with Gasteiger partial charge in [-0.25, -0.2) is 0 Å². The first kappa shape index (κ1) is 16.4. The van der Waals surface area contributed by atoms with Gasteiger partial charge in [0.15, 0.2) is 0 Å². The Morgan fingerprint density at radius 3 is 1.17 bits per heavy atom. The number of hydrogen-bond donors (Lipinski definition) is 0. The predicted octanol–water partition coefficient (Wildman–Crippen LogP) is 7.23. The highest BCUT2D eigenvalue weighted by Gasteiger charge is 2.17. The molecule has 4 aliphatic rings. The zero-order valence-electron chi connectivity index (χ0n) is 15.5. The lowest BCUT2D eigenvalue weighted by Gasteiger charge is -2.04. The maximum Gasteiger partial charge on any atom is 0.113 e. The van der Waals surface area contributed by atoms with E-state index in [0.29, 0.717) is 0 Å². The largest absolute Gasteiger partial charge is 0.172 e. The summed E-state index contributed by atoms with van der Waals surface area (Å²) < 4.78 is 9.32. The Hall–Kier alpha value is -3.56. The minimum Gasteiger partial charge on any atom is -0.172 e. The van der Waals surface area contributed by atoms with Gasteiger partial charge in [-0.1, -0.05) is 72.8 Å². The second-order valence-corrected chi connectivity index (χ2v) is 7.78. The van der Waals surface area contributed by atoms with Crippen molar-refractivity contribution in [1.29, 1.82) is 0 Å². The molecule has 0 atom stereocenters. The van der Waals surface area contributed by atoms with Crippen LogP contribution in [0.3, 0.4) is 0 Å². The molecule has 4 aliphatic carbocycles. The van der Waals surface area contributed by atoms with Gasteiger partial charge in [0.25, 0.3) is 0 Å². The van der Waals surface area contributed by atoms with Gasteiger partial charge in [0, 0.05) is 11.1 Å². The Balaban J connectivity index is 1.54. The zero-order valence-corrected chi connectivity index (χ0v) is 16.4. The Kier molecular flexibility index (Phi) is 3.68. The summed E-state index contributed by atoms with van der Waals surface area (Å²) in [6.45, 7) is 0. The Morgan fingerprint density at radius 2 is 0.793 bits per heavy atom. The fraction of sp³-hybridized carbons (Fsp3) is 0. The summed E-state index contributed by atoms with van der Waals surface area (Å²) in [5.41, 5.74) is 11.6. The molecule has 0 radical (unpaired) electrons. The molecule has 1 aromatic heterocycles. The average molecular weight is 388 g/mol. The molecule has 0 N–H and O–H groups in total. The molecule has 0 unspecified atom stereocenters. The van der Waals surface area contributed by atoms with Crippen LogP contribution >= 0.6 is 11.7 Å². The Bertz CT molecular complexity index is 1250. The number of hydrogen-bond acceptors (Lipinski definition) is 3. The van der Waals surface area contributed by atoms with E-state index in [0.717, 1.165) is 22.2 Å². The minimum absolute atomic E-state index is 0.975. The maximum atomic E-state index is 4.66. The number of rotatable bonds is 2. The summed E-state index contributed by atoms with van der Waals surface area (Å²) in [6.07, 6.45) is 0. The van der Waals surface area contributed by atoms with Crippen LogP contribution in [0.1, 0.15) is 0 Å². The monoisotopic (exact) mass is 388 g/mol. The molecular formula is C26H16N2S. The van der Waals surface area contributed by atoms with Crippen molar-refractivity contribution in [2.75, 3.05) is 0 Å². The van der Waals surface area contributed by atoms with Crippen LogP contribution in [0, 0.1) is 0 Å².